The molecule has 0 N–H and O–H groups in total. The molecule has 0 spiro atoms. The summed E-state index contributed by atoms with van der Waals surface area (Å²) in [6.07, 6.45) is 4.16. The molecule has 0 radical (unpaired) electrons. The standard InChI is InChI=1S/C7H17N2P3/c10-8-5-3-7-6(8)2-1-4-9(7)12-11/h6-7,12H,1-5,10-11H2. The van der Waals surface area contributed by atoms with Crippen molar-refractivity contribution in [1.82, 2.24) is 9.34 Å². The molecule has 2 aliphatic heterocycles. The number of rotatable bonds is 1. The monoisotopic (exact) mass is 222 g/mol. The zero-order valence-electron chi connectivity index (χ0n) is 7.24. The third kappa shape index (κ3) is 1.70. The van der Waals surface area contributed by atoms with Gasteiger partial charge in [0.1, 0.15) is 0 Å². The van der Waals surface area contributed by atoms with Crippen LogP contribution in [-0.2, 0) is 0 Å². The van der Waals surface area contributed by atoms with Gasteiger partial charge in [-0.05, 0) is 27.7 Å². The summed E-state index contributed by atoms with van der Waals surface area (Å²) < 4.78 is 5.10. The molecule has 2 saturated heterocycles. The van der Waals surface area contributed by atoms with E-state index in [0.29, 0.717) is 0 Å². The maximum Gasteiger partial charge on any atom is 0.0306 e. The normalized spacial score (nSPS) is 39.5. The average molecular weight is 222 g/mol. The Morgan fingerprint density at radius 2 is 2.00 bits per heavy atom. The predicted octanol–water partition coefficient (Wildman–Crippen LogP) is 1.70. The molecule has 2 aliphatic rings. The van der Waals surface area contributed by atoms with Gasteiger partial charge in [-0.15, -0.1) is 0 Å². The van der Waals surface area contributed by atoms with Crippen LogP contribution < -0.4 is 0 Å². The summed E-state index contributed by atoms with van der Waals surface area (Å²) in [5, 5.41) is 0. The maximum atomic E-state index is 2.88. The number of nitrogens with zero attached hydrogens (tertiary/aromatic N) is 2. The van der Waals surface area contributed by atoms with Gasteiger partial charge in [0.25, 0.3) is 0 Å². The van der Waals surface area contributed by atoms with Gasteiger partial charge in [0.2, 0.25) is 0 Å². The van der Waals surface area contributed by atoms with Crippen molar-refractivity contribution in [3.05, 3.63) is 0 Å². The Labute approximate surface area is 81.0 Å². The fourth-order valence-electron chi connectivity index (χ4n) is 2.38. The van der Waals surface area contributed by atoms with Crippen molar-refractivity contribution in [2.75, 3.05) is 13.1 Å². The van der Waals surface area contributed by atoms with Crippen molar-refractivity contribution < 1.29 is 0 Å². The summed E-state index contributed by atoms with van der Waals surface area (Å²) in [7, 11) is 6.69. The molecule has 0 aromatic rings. The van der Waals surface area contributed by atoms with Crippen LogP contribution in [0.25, 0.3) is 0 Å². The molecule has 5 atom stereocenters. The lowest BCUT2D eigenvalue weighted by Crippen LogP contribution is -2.43. The SMILES string of the molecule is PPN1CCCC2C1CCN2P. The van der Waals surface area contributed by atoms with Gasteiger partial charge in [-0.2, -0.15) is 0 Å². The molecule has 0 aliphatic carbocycles. The van der Waals surface area contributed by atoms with E-state index in [2.05, 4.69) is 27.7 Å². The zero-order chi connectivity index (χ0) is 8.55. The van der Waals surface area contributed by atoms with Crippen LogP contribution >= 0.6 is 26.7 Å². The molecular weight excluding hydrogens is 205 g/mol. The second kappa shape index (κ2) is 4.16. The first-order valence-electron chi connectivity index (χ1n) is 4.57. The molecule has 0 aromatic heterocycles. The topological polar surface area (TPSA) is 6.48 Å². The Bertz CT molecular complexity index is 167. The second-order valence-electron chi connectivity index (χ2n) is 3.63. The van der Waals surface area contributed by atoms with Gasteiger partial charge >= 0.3 is 0 Å². The van der Waals surface area contributed by atoms with E-state index in [1.807, 2.05) is 0 Å². The molecule has 0 aromatic carbocycles. The lowest BCUT2D eigenvalue weighted by Gasteiger charge is -2.38. The summed E-state index contributed by atoms with van der Waals surface area (Å²) >= 11 is 0. The summed E-state index contributed by atoms with van der Waals surface area (Å²) in [5.74, 6) is 0. The molecule has 2 fully saturated rings. The van der Waals surface area contributed by atoms with Crippen LogP contribution in [0.5, 0.6) is 0 Å². The van der Waals surface area contributed by atoms with E-state index in [0.717, 1.165) is 20.5 Å². The Balaban J connectivity index is 2.04. The summed E-state index contributed by atoms with van der Waals surface area (Å²) in [6.45, 7) is 2.59. The quantitative estimate of drug-likeness (QED) is 0.623. The average Bonchev–Trinajstić information content (AvgIpc) is 2.48. The van der Waals surface area contributed by atoms with Crippen molar-refractivity contribution >= 4 is 26.7 Å². The molecule has 0 saturated carbocycles. The molecule has 0 bridgehead atoms. The highest BCUT2D eigenvalue weighted by atomic mass is 32.0. The molecule has 2 heterocycles. The minimum atomic E-state index is 0.830. The van der Waals surface area contributed by atoms with E-state index >= 15 is 0 Å². The van der Waals surface area contributed by atoms with Crippen molar-refractivity contribution in [1.29, 1.82) is 0 Å². The molecule has 2 rings (SSSR count). The Morgan fingerprint density at radius 1 is 1.17 bits per heavy atom. The van der Waals surface area contributed by atoms with Crippen molar-refractivity contribution in [2.45, 2.75) is 31.3 Å². The molecule has 12 heavy (non-hydrogen) atoms. The highest BCUT2D eigenvalue weighted by Crippen LogP contribution is 2.40. The van der Waals surface area contributed by atoms with Crippen LogP contribution in [0, 0.1) is 0 Å². The van der Waals surface area contributed by atoms with Gasteiger partial charge in [-0.1, -0.05) is 18.3 Å². The van der Waals surface area contributed by atoms with Crippen molar-refractivity contribution in [3.8, 4) is 0 Å². The molecule has 5 unspecified atom stereocenters. The first kappa shape index (κ1) is 9.75. The number of piperidine rings is 1. The molecule has 0 amide bonds. The molecular formula is C7H17N2P3. The summed E-state index contributed by atoms with van der Waals surface area (Å²) in [4.78, 5) is 0. The van der Waals surface area contributed by atoms with E-state index in [1.165, 1.54) is 32.4 Å². The third-order valence-corrected chi connectivity index (χ3v) is 5.54. The van der Waals surface area contributed by atoms with Gasteiger partial charge in [-0.25, -0.2) is 0 Å². The van der Waals surface area contributed by atoms with Crippen LogP contribution in [0.4, 0.5) is 0 Å². The minimum absolute atomic E-state index is 0.830. The molecule has 5 heteroatoms. The summed E-state index contributed by atoms with van der Waals surface area (Å²) in [5.41, 5.74) is 0. The Morgan fingerprint density at radius 3 is 2.75 bits per heavy atom. The van der Waals surface area contributed by atoms with Crippen LogP contribution in [0.15, 0.2) is 0 Å². The highest BCUT2D eigenvalue weighted by molar-refractivity contribution is 8.01. The van der Waals surface area contributed by atoms with Gasteiger partial charge < -0.3 is 0 Å². The third-order valence-electron chi connectivity index (χ3n) is 3.02. The van der Waals surface area contributed by atoms with Crippen LogP contribution in [0.2, 0.25) is 0 Å². The molecule has 2 nitrogen and oxygen atoms in total. The van der Waals surface area contributed by atoms with Crippen molar-refractivity contribution in [3.63, 3.8) is 0 Å². The van der Waals surface area contributed by atoms with Crippen LogP contribution in [0.3, 0.4) is 0 Å². The molecule has 70 valence electrons. The maximum absolute atomic E-state index is 2.88. The Kier molecular flexibility index (Phi) is 3.38. The van der Waals surface area contributed by atoms with E-state index in [1.54, 1.807) is 0 Å². The zero-order valence-corrected chi connectivity index (χ0v) is 10.5. The fraction of sp³-hybridized carbons (Fsp3) is 1.00. The second-order valence-corrected chi connectivity index (χ2v) is 5.90. The largest absolute Gasteiger partial charge is 0.283 e. The van der Waals surface area contributed by atoms with Gasteiger partial charge in [-0.3, -0.25) is 9.34 Å². The first-order valence-corrected chi connectivity index (χ1v) is 7.84. The van der Waals surface area contributed by atoms with E-state index in [4.69, 9.17) is 0 Å². The van der Waals surface area contributed by atoms with Crippen LogP contribution in [-0.4, -0.2) is 34.5 Å². The van der Waals surface area contributed by atoms with Gasteiger partial charge in [0, 0.05) is 25.2 Å². The van der Waals surface area contributed by atoms with E-state index in [9.17, 15) is 0 Å². The van der Waals surface area contributed by atoms with Gasteiger partial charge in [0.05, 0.1) is 0 Å². The van der Waals surface area contributed by atoms with Crippen LogP contribution in [0.1, 0.15) is 19.3 Å². The minimum Gasteiger partial charge on any atom is -0.283 e. The van der Waals surface area contributed by atoms with Gasteiger partial charge in [0.15, 0.2) is 0 Å². The fourth-order valence-corrected chi connectivity index (χ4v) is 4.62. The highest BCUT2D eigenvalue weighted by Gasteiger charge is 2.37. The Hall–Kier alpha value is 1.21. The number of fused-ring (bicyclic) bond motifs is 1. The van der Waals surface area contributed by atoms with E-state index in [-0.39, 0.29) is 0 Å². The first-order chi connectivity index (χ1) is 5.83. The lowest BCUT2D eigenvalue weighted by atomic mass is 10.0. The predicted molar refractivity (Wildman–Crippen MR) is 62.6 cm³/mol. The van der Waals surface area contributed by atoms with Crippen molar-refractivity contribution in [2.24, 2.45) is 0 Å². The number of hydrogen-bond donors (Lipinski definition) is 0. The number of hydrogen-bond acceptors (Lipinski definition) is 2. The van der Waals surface area contributed by atoms with E-state index < -0.39 is 0 Å². The smallest absolute Gasteiger partial charge is 0.0306 e. The summed E-state index contributed by atoms with van der Waals surface area (Å²) in [6, 6.07) is 1.68. The lowest BCUT2D eigenvalue weighted by molar-refractivity contribution is 0.220.